The van der Waals surface area contributed by atoms with Crippen LogP contribution < -0.4 is 0 Å². The molecule has 4 rings (SSSR count). The Hall–Kier alpha value is -1.60. The van der Waals surface area contributed by atoms with Crippen LogP contribution in [0.5, 0.6) is 0 Å². The number of aliphatic hydroxyl groups excluding tert-OH is 1. The SMILES string of the molecule is C[C@]12C=CC(=O)CC1=C(F)C[C@H]1[C@@H]3CC[C@](O)(C(=O)O)[C@@]3(C)C[C@H](O)[C@@]12F. The van der Waals surface area contributed by atoms with Gasteiger partial charge in [0.2, 0.25) is 0 Å². The van der Waals surface area contributed by atoms with Gasteiger partial charge in [0.15, 0.2) is 17.1 Å². The first kappa shape index (κ1) is 18.7. The second kappa shape index (κ2) is 5.26. The Morgan fingerprint density at radius 2 is 1.96 bits per heavy atom. The van der Waals surface area contributed by atoms with E-state index in [0.717, 1.165) is 0 Å². The lowest BCUT2D eigenvalue weighted by Gasteiger charge is -2.61. The molecule has 0 spiro atoms. The van der Waals surface area contributed by atoms with Crippen molar-refractivity contribution in [1.82, 2.24) is 0 Å². The molecule has 2 fully saturated rings. The van der Waals surface area contributed by atoms with E-state index in [4.69, 9.17) is 0 Å². The normalized spacial score (nSPS) is 51.6. The monoisotopic (exact) mass is 382 g/mol. The van der Waals surface area contributed by atoms with Crippen LogP contribution in [0.1, 0.15) is 46.0 Å². The van der Waals surface area contributed by atoms with Crippen LogP contribution in [0, 0.1) is 22.7 Å². The van der Waals surface area contributed by atoms with Crippen LogP contribution in [0.2, 0.25) is 0 Å². The Bertz CT molecular complexity index is 806. The lowest BCUT2D eigenvalue weighted by molar-refractivity contribution is -0.220. The highest BCUT2D eigenvalue weighted by atomic mass is 19.1. The highest BCUT2D eigenvalue weighted by molar-refractivity contribution is 5.93. The number of carbonyl (C=O) groups is 2. The first-order chi connectivity index (χ1) is 12.4. The lowest BCUT2D eigenvalue weighted by atomic mass is 9.45. The molecule has 4 aliphatic carbocycles. The molecule has 7 heteroatoms. The first-order valence-corrected chi connectivity index (χ1v) is 9.34. The molecule has 0 heterocycles. The van der Waals surface area contributed by atoms with Gasteiger partial charge in [-0.3, -0.25) is 4.79 Å². The fourth-order valence-corrected chi connectivity index (χ4v) is 6.53. The zero-order valence-electron chi connectivity index (χ0n) is 15.3. The Morgan fingerprint density at radius 1 is 1.30 bits per heavy atom. The van der Waals surface area contributed by atoms with Gasteiger partial charge in [-0.1, -0.05) is 13.0 Å². The zero-order valence-corrected chi connectivity index (χ0v) is 15.3. The van der Waals surface area contributed by atoms with Crippen LogP contribution in [0.15, 0.2) is 23.6 Å². The fraction of sp³-hybridized carbons (Fsp3) is 0.700. The largest absolute Gasteiger partial charge is 0.479 e. The highest BCUT2D eigenvalue weighted by Gasteiger charge is 2.74. The van der Waals surface area contributed by atoms with E-state index >= 15 is 8.78 Å². The summed E-state index contributed by atoms with van der Waals surface area (Å²) in [5.41, 5.74) is -6.98. The van der Waals surface area contributed by atoms with Gasteiger partial charge in [0.25, 0.3) is 0 Å². The topological polar surface area (TPSA) is 94.8 Å². The third-order valence-corrected chi connectivity index (χ3v) is 8.16. The van der Waals surface area contributed by atoms with E-state index in [9.17, 15) is 24.9 Å². The zero-order chi connectivity index (χ0) is 20.0. The number of carbonyl (C=O) groups excluding carboxylic acids is 1. The van der Waals surface area contributed by atoms with E-state index in [0.29, 0.717) is 0 Å². The van der Waals surface area contributed by atoms with Gasteiger partial charge in [-0.2, -0.15) is 0 Å². The lowest BCUT2D eigenvalue weighted by Crippen LogP contribution is -2.69. The standard InChI is InChI=1S/C20H24F2O5/c1-17-5-3-10(23)7-13(17)14(21)8-12-11-4-6-19(27,16(25)26)18(11,2)9-15(24)20(12,17)22/h3,5,11-12,15,24,27H,4,6-9H2,1-2H3,(H,25,26)/t11-,12-,15-,17-,18-,19-,20-/m0/s1. The second-order valence-electron chi connectivity index (χ2n) is 9.09. The number of aliphatic hydroxyl groups is 2. The second-order valence-corrected chi connectivity index (χ2v) is 9.09. The van der Waals surface area contributed by atoms with Crippen LogP contribution in [0.4, 0.5) is 8.78 Å². The Kier molecular flexibility index (Phi) is 3.65. The molecule has 0 saturated heterocycles. The maximum atomic E-state index is 16.7. The van der Waals surface area contributed by atoms with Crippen molar-refractivity contribution in [3.05, 3.63) is 23.6 Å². The molecule has 0 unspecified atom stereocenters. The maximum absolute atomic E-state index is 16.7. The minimum atomic E-state index is -2.23. The molecule has 0 amide bonds. The Morgan fingerprint density at radius 3 is 2.59 bits per heavy atom. The number of carboxylic acid groups (broad SMARTS) is 1. The molecular weight excluding hydrogens is 358 g/mol. The molecule has 2 saturated carbocycles. The molecule has 0 aromatic heterocycles. The fourth-order valence-electron chi connectivity index (χ4n) is 6.53. The molecule has 0 radical (unpaired) electrons. The molecule has 0 aromatic rings. The van der Waals surface area contributed by atoms with Crippen LogP contribution in [0.3, 0.4) is 0 Å². The summed E-state index contributed by atoms with van der Waals surface area (Å²) in [7, 11) is 0. The number of allylic oxidation sites excluding steroid dienone is 4. The van der Waals surface area contributed by atoms with Gasteiger partial charge >= 0.3 is 5.97 Å². The number of fused-ring (bicyclic) bond motifs is 5. The number of rotatable bonds is 1. The minimum absolute atomic E-state index is 0.0635. The van der Waals surface area contributed by atoms with Crippen molar-refractivity contribution in [1.29, 1.82) is 0 Å². The van der Waals surface area contributed by atoms with Crippen molar-refractivity contribution >= 4 is 11.8 Å². The van der Waals surface area contributed by atoms with Gasteiger partial charge in [0.05, 0.1) is 6.10 Å². The van der Waals surface area contributed by atoms with Gasteiger partial charge in [-0.05, 0) is 43.8 Å². The van der Waals surface area contributed by atoms with Crippen LogP contribution >= 0.6 is 0 Å². The molecule has 0 aliphatic heterocycles. The van der Waals surface area contributed by atoms with Gasteiger partial charge in [0.1, 0.15) is 5.83 Å². The van der Waals surface area contributed by atoms with Crippen LogP contribution in [-0.4, -0.2) is 44.4 Å². The van der Waals surface area contributed by atoms with Crippen molar-refractivity contribution in [3.8, 4) is 0 Å². The van der Waals surface area contributed by atoms with Crippen LogP contribution in [0.25, 0.3) is 0 Å². The molecule has 0 bridgehead atoms. The molecule has 5 nitrogen and oxygen atoms in total. The van der Waals surface area contributed by atoms with E-state index in [1.165, 1.54) is 19.1 Å². The smallest absolute Gasteiger partial charge is 0.336 e. The third-order valence-electron chi connectivity index (χ3n) is 8.16. The van der Waals surface area contributed by atoms with Crippen molar-refractivity contribution in [2.75, 3.05) is 0 Å². The summed E-state index contributed by atoms with van der Waals surface area (Å²) in [6.45, 7) is 3.06. The summed E-state index contributed by atoms with van der Waals surface area (Å²) < 4.78 is 31.7. The molecule has 0 aromatic carbocycles. The number of ketones is 1. The van der Waals surface area contributed by atoms with Gasteiger partial charge in [0, 0.05) is 29.6 Å². The van der Waals surface area contributed by atoms with Crippen molar-refractivity contribution in [2.24, 2.45) is 22.7 Å². The third kappa shape index (κ3) is 1.94. The summed E-state index contributed by atoms with van der Waals surface area (Å²) in [6.07, 6.45) is 0.433. The van der Waals surface area contributed by atoms with Gasteiger partial charge in [-0.25, -0.2) is 13.6 Å². The number of hydrogen-bond donors (Lipinski definition) is 3. The molecule has 7 atom stereocenters. The summed E-state index contributed by atoms with van der Waals surface area (Å²) in [4.78, 5) is 23.5. The summed E-state index contributed by atoms with van der Waals surface area (Å²) in [5, 5.41) is 31.3. The average molecular weight is 382 g/mol. The minimum Gasteiger partial charge on any atom is -0.479 e. The number of aliphatic carboxylic acids is 1. The van der Waals surface area contributed by atoms with E-state index in [-0.39, 0.29) is 43.5 Å². The quantitative estimate of drug-likeness (QED) is 0.648. The number of carboxylic acids is 1. The Labute approximate surface area is 155 Å². The maximum Gasteiger partial charge on any atom is 0.336 e. The number of hydrogen-bond acceptors (Lipinski definition) is 4. The molecule has 4 aliphatic rings. The summed E-state index contributed by atoms with van der Waals surface area (Å²) in [6, 6.07) is 0. The Balaban J connectivity index is 1.88. The molecule has 3 N–H and O–H groups in total. The van der Waals surface area contributed by atoms with E-state index in [1.54, 1.807) is 6.92 Å². The predicted octanol–water partition coefficient (Wildman–Crippen LogP) is 2.47. The molecular formula is C20H24F2O5. The van der Waals surface area contributed by atoms with E-state index in [2.05, 4.69) is 0 Å². The summed E-state index contributed by atoms with van der Waals surface area (Å²) in [5.74, 6) is -3.84. The summed E-state index contributed by atoms with van der Waals surface area (Å²) >= 11 is 0. The average Bonchev–Trinajstić information content (AvgIpc) is 2.85. The van der Waals surface area contributed by atoms with Crippen molar-refractivity contribution < 1.29 is 33.7 Å². The van der Waals surface area contributed by atoms with Crippen molar-refractivity contribution in [3.63, 3.8) is 0 Å². The van der Waals surface area contributed by atoms with E-state index in [1.807, 2.05) is 0 Å². The number of alkyl halides is 1. The molecule has 148 valence electrons. The van der Waals surface area contributed by atoms with E-state index < -0.39 is 51.8 Å². The highest BCUT2D eigenvalue weighted by Crippen LogP contribution is 2.70. The number of halogens is 2. The predicted molar refractivity (Wildman–Crippen MR) is 91.0 cm³/mol. The van der Waals surface area contributed by atoms with Gasteiger partial charge < -0.3 is 15.3 Å². The molecule has 27 heavy (non-hydrogen) atoms. The van der Waals surface area contributed by atoms with Crippen molar-refractivity contribution in [2.45, 2.75) is 63.3 Å². The van der Waals surface area contributed by atoms with Crippen LogP contribution in [-0.2, 0) is 9.59 Å². The van der Waals surface area contributed by atoms with Gasteiger partial charge in [-0.15, -0.1) is 0 Å². The first-order valence-electron chi connectivity index (χ1n) is 9.34.